The molecule has 20 heavy (non-hydrogen) atoms. The molecule has 1 aromatic carbocycles. The van der Waals surface area contributed by atoms with Crippen LogP contribution in [0.2, 0.25) is 0 Å². The first-order chi connectivity index (χ1) is 9.26. The van der Waals surface area contributed by atoms with E-state index in [0.29, 0.717) is 5.69 Å². The predicted octanol–water partition coefficient (Wildman–Crippen LogP) is 2.84. The second-order valence-corrected chi connectivity index (χ2v) is 7.69. The summed E-state index contributed by atoms with van der Waals surface area (Å²) in [6.45, 7) is 7.61. The Balaban J connectivity index is 2.58. The van der Waals surface area contributed by atoms with Crippen LogP contribution in [0.3, 0.4) is 0 Å². The fraction of sp³-hybridized carbons (Fsp3) is 0.600. The van der Waals surface area contributed by atoms with Crippen LogP contribution < -0.4 is 5.73 Å². The molecule has 5 heteroatoms. The molecule has 1 aromatic rings. The number of nitrogens with two attached hydrogens (primary N) is 1. The van der Waals surface area contributed by atoms with Crippen LogP contribution in [0.5, 0.6) is 0 Å². The molecule has 1 aliphatic heterocycles. The van der Waals surface area contributed by atoms with E-state index in [1.165, 1.54) is 0 Å². The van der Waals surface area contributed by atoms with Crippen LogP contribution >= 0.6 is 0 Å². The Bertz CT molecular complexity index is 601. The molecule has 112 valence electrons. The molecule has 1 aliphatic rings. The van der Waals surface area contributed by atoms with E-state index in [4.69, 9.17) is 5.73 Å². The van der Waals surface area contributed by atoms with Gasteiger partial charge in [-0.1, -0.05) is 18.6 Å². The summed E-state index contributed by atoms with van der Waals surface area (Å²) in [6, 6.07) is 3.76. The molecule has 1 saturated heterocycles. The first kappa shape index (κ1) is 15.3. The Morgan fingerprint density at radius 1 is 1.10 bits per heavy atom. The number of hydrogen-bond acceptors (Lipinski definition) is 3. The van der Waals surface area contributed by atoms with Gasteiger partial charge in [0.15, 0.2) is 0 Å². The summed E-state index contributed by atoms with van der Waals surface area (Å²) in [5.41, 5.74) is 7.98. The molecule has 0 saturated carbocycles. The highest BCUT2D eigenvalue weighted by molar-refractivity contribution is 7.89. The van der Waals surface area contributed by atoms with Crippen molar-refractivity contribution in [2.75, 3.05) is 5.73 Å². The van der Waals surface area contributed by atoms with E-state index < -0.39 is 10.0 Å². The fourth-order valence-electron chi connectivity index (χ4n) is 3.13. The monoisotopic (exact) mass is 296 g/mol. The minimum Gasteiger partial charge on any atom is -0.397 e. The maximum atomic E-state index is 13.0. The van der Waals surface area contributed by atoms with Gasteiger partial charge in [0, 0.05) is 12.1 Å². The van der Waals surface area contributed by atoms with E-state index in [-0.39, 0.29) is 17.0 Å². The zero-order chi connectivity index (χ0) is 15.1. The number of aryl methyl sites for hydroxylation is 2. The molecule has 2 N–H and O–H groups in total. The number of anilines is 1. The van der Waals surface area contributed by atoms with Gasteiger partial charge < -0.3 is 5.73 Å². The molecule has 1 fully saturated rings. The van der Waals surface area contributed by atoms with Crippen LogP contribution in [0.25, 0.3) is 0 Å². The Hall–Kier alpha value is -1.07. The van der Waals surface area contributed by atoms with E-state index >= 15 is 0 Å². The van der Waals surface area contributed by atoms with Gasteiger partial charge in [-0.15, -0.1) is 0 Å². The summed E-state index contributed by atoms with van der Waals surface area (Å²) in [4.78, 5) is 0.290. The molecule has 0 bridgehead atoms. The third-order valence-electron chi connectivity index (χ3n) is 4.26. The van der Waals surface area contributed by atoms with Crippen molar-refractivity contribution in [2.24, 2.45) is 0 Å². The highest BCUT2D eigenvalue weighted by Gasteiger charge is 2.37. The largest absolute Gasteiger partial charge is 0.397 e. The van der Waals surface area contributed by atoms with E-state index in [2.05, 4.69) is 0 Å². The highest BCUT2D eigenvalue weighted by Crippen LogP contribution is 2.34. The van der Waals surface area contributed by atoms with Crippen LogP contribution in [0.1, 0.15) is 44.2 Å². The van der Waals surface area contributed by atoms with Crippen LogP contribution in [0.4, 0.5) is 5.69 Å². The number of hydrogen-bond donors (Lipinski definition) is 1. The van der Waals surface area contributed by atoms with Crippen LogP contribution in [0, 0.1) is 13.8 Å². The Labute approximate surface area is 122 Å². The van der Waals surface area contributed by atoms with Crippen LogP contribution in [0.15, 0.2) is 17.0 Å². The number of benzene rings is 1. The summed E-state index contributed by atoms with van der Waals surface area (Å²) in [5, 5.41) is 0. The van der Waals surface area contributed by atoms with E-state index in [1.807, 2.05) is 39.8 Å². The van der Waals surface area contributed by atoms with Crippen molar-refractivity contribution in [1.29, 1.82) is 0 Å². The lowest BCUT2D eigenvalue weighted by Crippen LogP contribution is -2.47. The smallest absolute Gasteiger partial charge is 0.245 e. The minimum absolute atomic E-state index is 0.0306. The standard InChI is InChI=1S/C15H24N2O2S/c1-10-8-9-11(2)15(14(10)16)20(18,19)17-12(3)6-5-7-13(17)4/h8-9,12-13H,5-7,16H2,1-4H3. The molecule has 2 rings (SSSR count). The van der Waals surface area contributed by atoms with Crippen molar-refractivity contribution < 1.29 is 8.42 Å². The van der Waals surface area contributed by atoms with Gasteiger partial charge in [0.05, 0.1) is 5.69 Å². The molecular formula is C15H24N2O2S. The lowest BCUT2D eigenvalue weighted by atomic mass is 10.0. The van der Waals surface area contributed by atoms with Gasteiger partial charge >= 0.3 is 0 Å². The van der Waals surface area contributed by atoms with Crippen LogP contribution in [-0.2, 0) is 10.0 Å². The zero-order valence-corrected chi connectivity index (χ0v) is 13.5. The van der Waals surface area contributed by atoms with Crippen LogP contribution in [-0.4, -0.2) is 24.8 Å². The molecule has 2 unspecified atom stereocenters. The molecule has 4 nitrogen and oxygen atoms in total. The quantitative estimate of drug-likeness (QED) is 0.854. The summed E-state index contributed by atoms with van der Waals surface area (Å²) in [6.07, 6.45) is 2.90. The maximum absolute atomic E-state index is 13.0. The third-order valence-corrected chi connectivity index (χ3v) is 6.59. The predicted molar refractivity (Wildman–Crippen MR) is 82.1 cm³/mol. The third kappa shape index (κ3) is 2.44. The normalized spacial score (nSPS) is 24.8. The minimum atomic E-state index is -3.54. The average molecular weight is 296 g/mol. The average Bonchev–Trinajstić information content (AvgIpc) is 2.33. The SMILES string of the molecule is Cc1ccc(C)c(S(=O)(=O)N2C(C)CCCC2C)c1N. The van der Waals surface area contributed by atoms with Gasteiger partial charge in [-0.2, -0.15) is 4.31 Å². The molecule has 0 radical (unpaired) electrons. The van der Waals surface area contributed by atoms with E-state index in [1.54, 1.807) is 4.31 Å². The van der Waals surface area contributed by atoms with Gasteiger partial charge in [-0.05, 0) is 51.7 Å². The first-order valence-corrected chi connectivity index (χ1v) is 8.60. The Kier molecular flexibility index (Phi) is 4.12. The summed E-state index contributed by atoms with van der Waals surface area (Å²) < 4.78 is 27.7. The van der Waals surface area contributed by atoms with Crippen molar-refractivity contribution >= 4 is 15.7 Å². The maximum Gasteiger partial charge on any atom is 0.245 e. The van der Waals surface area contributed by atoms with Crippen molar-refractivity contribution in [3.63, 3.8) is 0 Å². The lowest BCUT2D eigenvalue weighted by Gasteiger charge is -2.38. The fourth-order valence-corrected chi connectivity index (χ4v) is 5.41. The van der Waals surface area contributed by atoms with Gasteiger partial charge in [0.2, 0.25) is 10.0 Å². The number of sulfonamides is 1. The topological polar surface area (TPSA) is 63.4 Å². The second-order valence-electron chi connectivity index (χ2n) is 5.91. The summed E-state index contributed by atoms with van der Waals surface area (Å²) in [7, 11) is -3.54. The van der Waals surface area contributed by atoms with Crippen molar-refractivity contribution in [2.45, 2.75) is 63.9 Å². The highest BCUT2D eigenvalue weighted by atomic mass is 32.2. The number of nitrogen functional groups attached to an aromatic ring is 1. The van der Waals surface area contributed by atoms with Gasteiger partial charge in [-0.25, -0.2) is 8.42 Å². The van der Waals surface area contributed by atoms with E-state index in [9.17, 15) is 8.42 Å². The van der Waals surface area contributed by atoms with Gasteiger partial charge in [-0.3, -0.25) is 0 Å². The number of piperidine rings is 1. The van der Waals surface area contributed by atoms with E-state index in [0.717, 1.165) is 30.4 Å². The van der Waals surface area contributed by atoms with Crippen molar-refractivity contribution in [3.05, 3.63) is 23.3 Å². The molecule has 0 aromatic heterocycles. The molecule has 0 spiro atoms. The number of nitrogens with zero attached hydrogens (tertiary/aromatic N) is 1. The Morgan fingerprint density at radius 2 is 1.60 bits per heavy atom. The van der Waals surface area contributed by atoms with Crippen molar-refractivity contribution in [1.82, 2.24) is 4.31 Å². The first-order valence-electron chi connectivity index (χ1n) is 7.16. The summed E-state index contributed by atoms with van der Waals surface area (Å²) >= 11 is 0. The van der Waals surface area contributed by atoms with Gasteiger partial charge in [0.1, 0.15) is 4.90 Å². The van der Waals surface area contributed by atoms with Gasteiger partial charge in [0.25, 0.3) is 0 Å². The summed E-state index contributed by atoms with van der Waals surface area (Å²) in [5.74, 6) is 0. The molecule has 0 aliphatic carbocycles. The molecular weight excluding hydrogens is 272 g/mol. The van der Waals surface area contributed by atoms with Crippen molar-refractivity contribution in [3.8, 4) is 0 Å². The molecule has 2 atom stereocenters. The zero-order valence-electron chi connectivity index (χ0n) is 12.7. The second kappa shape index (κ2) is 5.37. The molecule has 1 heterocycles. The molecule has 0 amide bonds. The lowest BCUT2D eigenvalue weighted by molar-refractivity contribution is 0.204. The number of rotatable bonds is 2. The Morgan fingerprint density at radius 3 is 2.15 bits per heavy atom.